The number of carbonyl (C=O) groups is 2. The van der Waals surface area contributed by atoms with Gasteiger partial charge in [0.1, 0.15) is 6.61 Å². The van der Waals surface area contributed by atoms with Crippen molar-refractivity contribution in [3.8, 4) is 0 Å². The van der Waals surface area contributed by atoms with E-state index in [1.165, 1.54) is 0 Å². The highest BCUT2D eigenvalue weighted by atomic mass is 32.2. The van der Waals surface area contributed by atoms with Gasteiger partial charge < -0.3 is 9.84 Å². The maximum Gasteiger partial charge on any atom is 0.460 e. The highest BCUT2D eigenvalue weighted by Gasteiger charge is 2.96. The predicted octanol–water partition coefficient (Wildman–Crippen LogP) is 5.01. The number of sulfonamides is 1. The number of halogens is 17. The van der Waals surface area contributed by atoms with E-state index < -0.39 is 106 Å². The van der Waals surface area contributed by atoms with Crippen LogP contribution in [0.5, 0.6) is 0 Å². The summed E-state index contributed by atoms with van der Waals surface area (Å²) in [5.74, 6) is -55.3. The predicted molar refractivity (Wildman–Crippen MR) is 94.7 cm³/mol. The smallest absolute Gasteiger partial charge is 0.460 e. The van der Waals surface area contributed by atoms with E-state index in [4.69, 9.17) is 5.11 Å². The zero-order chi connectivity index (χ0) is 33.5. The van der Waals surface area contributed by atoms with E-state index in [0.29, 0.717) is 6.92 Å². The Hall–Kier alpha value is -2.34. The van der Waals surface area contributed by atoms with Crippen molar-refractivity contribution in [2.24, 2.45) is 0 Å². The molecule has 0 rings (SSSR count). The second-order valence-corrected chi connectivity index (χ2v) is 9.55. The summed E-state index contributed by atoms with van der Waals surface area (Å²) in [5, 5.41) is 0.612. The molecular formula is C16H14F17NO6S. The van der Waals surface area contributed by atoms with Crippen molar-refractivity contribution < 1.29 is 102 Å². The minimum Gasteiger partial charge on any atom is -0.481 e. The number of hydrogen-bond acceptors (Lipinski definition) is 5. The Kier molecular flexibility index (Phi) is 10.7. The molecule has 0 aromatic rings. The van der Waals surface area contributed by atoms with Gasteiger partial charge in [-0.1, -0.05) is 6.92 Å². The van der Waals surface area contributed by atoms with Crippen LogP contribution in [0.25, 0.3) is 0 Å². The molecule has 0 bridgehead atoms. The highest BCUT2D eigenvalue weighted by Crippen LogP contribution is 2.64. The fourth-order valence-corrected chi connectivity index (χ4v) is 3.90. The molecule has 0 aromatic carbocycles. The molecule has 0 aliphatic carbocycles. The van der Waals surface area contributed by atoms with Crippen molar-refractivity contribution in [2.75, 3.05) is 19.7 Å². The Labute approximate surface area is 216 Å². The van der Waals surface area contributed by atoms with Crippen molar-refractivity contribution in [1.29, 1.82) is 0 Å². The molecule has 0 heterocycles. The lowest BCUT2D eigenvalue weighted by Crippen LogP contribution is -2.75. The van der Waals surface area contributed by atoms with E-state index in [-0.39, 0.29) is 0 Å². The molecule has 0 saturated heterocycles. The Morgan fingerprint density at radius 1 is 0.659 bits per heavy atom. The first kappa shape index (κ1) is 38.7. The molecule has 0 fully saturated rings. The largest absolute Gasteiger partial charge is 0.481 e. The fraction of sp³-hybridized carbons (Fsp3) is 0.875. The number of hydrogen-bond donors (Lipinski definition) is 1. The van der Waals surface area contributed by atoms with Crippen LogP contribution in [0.4, 0.5) is 74.6 Å². The molecule has 0 radical (unpaired) electrons. The number of likely N-dealkylation sites (N-methyl/N-ethyl adjacent to an activating group) is 1. The minimum atomic E-state index is -8.95. The first-order valence-corrected chi connectivity index (χ1v) is 11.3. The van der Waals surface area contributed by atoms with Gasteiger partial charge in [-0.25, -0.2) is 8.42 Å². The lowest BCUT2D eigenvalue weighted by Gasteiger charge is -2.43. The van der Waals surface area contributed by atoms with E-state index in [1.807, 2.05) is 0 Å². The van der Waals surface area contributed by atoms with Gasteiger partial charge in [0.2, 0.25) is 0 Å². The molecule has 0 aromatic heterocycles. The molecule has 7 nitrogen and oxygen atoms in total. The first-order valence-electron chi connectivity index (χ1n) is 9.85. The van der Waals surface area contributed by atoms with Crippen molar-refractivity contribution in [3.63, 3.8) is 0 Å². The van der Waals surface area contributed by atoms with E-state index in [2.05, 4.69) is 4.74 Å². The zero-order valence-electron chi connectivity index (χ0n) is 19.3. The molecule has 0 aliphatic rings. The van der Waals surface area contributed by atoms with Gasteiger partial charge in [0, 0.05) is 13.1 Å². The second-order valence-electron chi connectivity index (χ2n) is 7.57. The maximum absolute atomic E-state index is 14.2. The molecule has 25 heteroatoms. The summed E-state index contributed by atoms with van der Waals surface area (Å²) in [4.78, 5) is 21.5. The van der Waals surface area contributed by atoms with Crippen LogP contribution in [0.3, 0.4) is 0 Å². The van der Waals surface area contributed by atoms with Crippen molar-refractivity contribution in [3.05, 3.63) is 0 Å². The molecule has 41 heavy (non-hydrogen) atoms. The fourth-order valence-electron chi connectivity index (χ4n) is 2.46. The highest BCUT2D eigenvalue weighted by molar-refractivity contribution is 7.90. The van der Waals surface area contributed by atoms with Gasteiger partial charge in [-0.3, -0.25) is 9.59 Å². The average Bonchev–Trinajstić information content (AvgIpc) is 2.78. The average molecular weight is 671 g/mol. The van der Waals surface area contributed by atoms with Crippen LogP contribution < -0.4 is 0 Å². The van der Waals surface area contributed by atoms with E-state index in [9.17, 15) is 92.6 Å². The third-order valence-electron chi connectivity index (χ3n) is 4.86. The van der Waals surface area contributed by atoms with Gasteiger partial charge in [0.15, 0.2) is 0 Å². The van der Waals surface area contributed by atoms with Gasteiger partial charge >= 0.3 is 58.9 Å². The Bertz CT molecular complexity index is 1070. The SMILES string of the molecule is CCN(CCOC(=O)CCC(=O)O)S(=O)(=O)C(F)(F)C(F)(F)C(F)(F)C(F)(F)C(F)(F)C(F)(F)C(F)(F)C(F)(F)F. The molecule has 0 atom stereocenters. The van der Waals surface area contributed by atoms with Crippen LogP contribution >= 0.6 is 0 Å². The number of alkyl halides is 17. The summed E-state index contributed by atoms with van der Waals surface area (Å²) >= 11 is 0. The molecule has 244 valence electrons. The van der Waals surface area contributed by atoms with E-state index in [0.717, 1.165) is 0 Å². The molecule has 0 saturated carbocycles. The lowest BCUT2D eigenvalue weighted by molar-refractivity contribution is -0.458. The quantitative estimate of drug-likeness (QED) is 0.194. The normalized spacial score (nSPS) is 15.3. The number of carboxylic acids is 1. The van der Waals surface area contributed by atoms with E-state index >= 15 is 0 Å². The number of rotatable bonds is 15. The Morgan fingerprint density at radius 2 is 1.02 bits per heavy atom. The molecule has 0 unspecified atom stereocenters. The Balaban J connectivity index is 6.56. The Morgan fingerprint density at radius 3 is 1.37 bits per heavy atom. The topological polar surface area (TPSA) is 101 Å². The standard InChI is InChI=1S/C16H14F17NO6S/c1-2-34(5-6-40-8(37)4-3-7(35)36)41(38,39)16(32,33)14(27,28)12(23,24)10(19,20)9(17,18)11(21,22)13(25,26)15(29,30)31/h2-6H2,1H3,(H,35,36). The maximum atomic E-state index is 14.2. The monoisotopic (exact) mass is 671 g/mol. The molecule has 0 aliphatic heterocycles. The summed E-state index contributed by atoms with van der Waals surface area (Å²) in [6.45, 7) is -4.22. The number of carboxylic acid groups (broad SMARTS) is 1. The molecule has 0 spiro atoms. The lowest BCUT2D eigenvalue weighted by atomic mass is 9.91. The molecule has 1 N–H and O–H groups in total. The van der Waals surface area contributed by atoms with Gasteiger partial charge in [-0.05, 0) is 0 Å². The van der Waals surface area contributed by atoms with Crippen molar-refractivity contribution in [1.82, 2.24) is 4.31 Å². The van der Waals surface area contributed by atoms with Crippen LogP contribution in [-0.4, -0.2) is 96.4 Å². The molecule has 0 amide bonds. The minimum absolute atomic E-state index is 0.457. The first-order chi connectivity index (χ1) is 17.8. The number of aliphatic carboxylic acids is 1. The summed E-state index contributed by atoms with van der Waals surface area (Å²) < 4.78 is 254. The van der Waals surface area contributed by atoms with Gasteiger partial charge in [0.05, 0.1) is 12.8 Å². The summed E-state index contributed by atoms with van der Waals surface area (Å²) in [6.07, 6.45) is -9.80. The van der Waals surface area contributed by atoms with Gasteiger partial charge in [-0.15, -0.1) is 0 Å². The third-order valence-corrected chi connectivity index (χ3v) is 6.88. The van der Waals surface area contributed by atoms with E-state index in [1.54, 1.807) is 0 Å². The van der Waals surface area contributed by atoms with Crippen LogP contribution in [0, 0.1) is 0 Å². The number of ether oxygens (including phenoxy) is 1. The third kappa shape index (κ3) is 6.09. The second kappa shape index (κ2) is 11.4. The number of nitrogens with zero attached hydrogens (tertiary/aromatic N) is 1. The van der Waals surface area contributed by atoms with Crippen molar-refractivity contribution >= 4 is 22.0 Å². The van der Waals surface area contributed by atoms with Gasteiger partial charge in [0.25, 0.3) is 10.0 Å². The zero-order valence-corrected chi connectivity index (χ0v) is 20.1. The summed E-state index contributed by atoms with van der Waals surface area (Å²) in [5.41, 5.74) is 0. The van der Waals surface area contributed by atoms with Crippen LogP contribution in [-0.2, 0) is 24.3 Å². The van der Waals surface area contributed by atoms with Crippen LogP contribution in [0.15, 0.2) is 0 Å². The molecular weight excluding hydrogens is 657 g/mol. The summed E-state index contributed by atoms with van der Waals surface area (Å²) in [6, 6.07) is 0. The summed E-state index contributed by atoms with van der Waals surface area (Å²) in [7, 11) is -7.52. The van der Waals surface area contributed by atoms with Gasteiger partial charge in [-0.2, -0.15) is 78.9 Å². The van der Waals surface area contributed by atoms with Crippen molar-refractivity contribution in [2.45, 2.75) is 66.7 Å². The number of esters is 1. The number of carbonyl (C=O) groups excluding carboxylic acids is 1. The van der Waals surface area contributed by atoms with Crippen LogP contribution in [0.1, 0.15) is 19.8 Å². The van der Waals surface area contributed by atoms with Crippen LogP contribution in [0.2, 0.25) is 0 Å².